The van der Waals surface area contributed by atoms with Gasteiger partial charge in [-0.05, 0) is 6.42 Å². The van der Waals surface area contributed by atoms with Gasteiger partial charge in [-0.25, -0.2) is 8.42 Å². The van der Waals surface area contributed by atoms with Crippen LogP contribution >= 0.6 is 11.8 Å². The van der Waals surface area contributed by atoms with Crippen molar-refractivity contribution in [3.8, 4) is 0 Å². The van der Waals surface area contributed by atoms with Crippen molar-refractivity contribution in [3.63, 3.8) is 0 Å². The van der Waals surface area contributed by atoms with E-state index in [2.05, 4.69) is 17.2 Å². The minimum atomic E-state index is -2.72. The first-order valence-corrected chi connectivity index (χ1v) is 7.47. The highest BCUT2D eigenvalue weighted by molar-refractivity contribution is 8.14. The first-order chi connectivity index (χ1) is 6.59. The van der Waals surface area contributed by atoms with Crippen LogP contribution in [0, 0.1) is 0 Å². The van der Waals surface area contributed by atoms with Gasteiger partial charge in [0.05, 0.1) is 24.1 Å². The maximum atomic E-state index is 10.9. The van der Waals surface area contributed by atoms with Gasteiger partial charge in [-0.1, -0.05) is 18.7 Å². The lowest BCUT2D eigenvalue weighted by Crippen LogP contribution is -2.52. The summed E-state index contributed by atoms with van der Waals surface area (Å²) in [4.78, 5) is 4.33. The molecule has 2 aliphatic rings. The normalized spacial score (nSPS) is 30.9. The van der Waals surface area contributed by atoms with E-state index in [0.717, 1.165) is 18.1 Å². The van der Waals surface area contributed by atoms with Crippen molar-refractivity contribution < 1.29 is 8.42 Å². The number of nitrogens with one attached hydrogen (secondary N) is 1. The van der Waals surface area contributed by atoms with Crippen LogP contribution in [0.15, 0.2) is 4.99 Å². The van der Waals surface area contributed by atoms with Crippen LogP contribution in [-0.2, 0) is 9.84 Å². The Labute approximate surface area is 88.5 Å². The summed E-state index contributed by atoms with van der Waals surface area (Å²) in [6.45, 7) is 3.01. The molecule has 14 heavy (non-hydrogen) atoms. The van der Waals surface area contributed by atoms with Crippen molar-refractivity contribution >= 4 is 26.8 Å². The lowest BCUT2D eigenvalue weighted by atomic mass is 10.3. The van der Waals surface area contributed by atoms with Crippen molar-refractivity contribution in [1.82, 2.24) is 5.32 Å². The average Bonchev–Trinajstić information content (AvgIpc) is 2.49. The van der Waals surface area contributed by atoms with Crippen LogP contribution in [0.1, 0.15) is 13.3 Å². The van der Waals surface area contributed by atoms with Gasteiger partial charge in [-0.15, -0.1) is 0 Å². The maximum absolute atomic E-state index is 10.9. The second-order valence-corrected chi connectivity index (χ2v) is 7.15. The van der Waals surface area contributed by atoms with Crippen molar-refractivity contribution in [3.05, 3.63) is 0 Å². The maximum Gasteiger partial charge on any atom is 0.157 e. The SMILES string of the molecule is CCC1CN=C(NC2CS(=O)(=O)C2)S1. The fraction of sp³-hybridized carbons (Fsp3) is 0.875. The molecule has 0 aliphatic carbocycles. The lowest BCUT2D eigenvalue weighted by Gasteiger charge is -2.27. The highest BCUT2D eigenvalue weighted by Gasteiger charge is 2.34. The monoisotopic (exact) mass is 234 g/mol. The second-order valence-electron chi connectivity index (χ2n) is 3.71. The highest BCUT2D eigenvalue weighted by Crippen LogP contribution is 2.23. The van der Waals surface area contributed by atoms with Gasteiger partial charge in [0.15, 0.2) is 15.0 Å². The number of thioether (sulfide) groups is 1. The molecule has 1 N–H and O–H groups in total. The number of aliphatic imine (C=N–C) groups is 1. The van der Waals surface area contributed by atoms with E-state index in [4.69, 9.17) is 0 Å². The Morgan fingerprint density at radius 2 is 2.29 bits per heavy atom. The third-order valence-corrected chi connectivity index (χ3v) is 5.52. The molecule has 2 aliphatic heterocycles. The van der Waals surface area contributed by atoms with Gasteiger partial charge >= 0.3 is 0 Å². The van der Waals surface area contributed by atoms with Gasteiger partial charge in [0.2, 0.25) is 0 Å². The van der Waals surface area contributed by atoms with Crippen LogP contribution in [0.3, 0.4) is 0 Å². The van der Waals surface area contributed by atoms with Gasteiger partial charge in [-0.3, -0.25) is 4.99 Å². The quantitative estimate of drug-likeness (QED) is 0.744. The molecule has 0 amide bonds. The van der Waals surface area contributed by atoms with Crippen LogP contribution < -0.4 is 5.32 Å². The molecule has 1 saturated heterocycles. The van der Waals surface area contributed by atoms with E-state index < -0.39 is 9.84 Å². The third kappa shape index (κ3) is 2.23. The van der Waals surface area contributed by atoms with E-state index in [1.54, 1.807) is 11.8 Å². The number of nitrogens with zero attached hydrogens (tertiary/aromatic N) is 1. The van der Waals surface area contributed by atoms with Crippen LogP contribution in [-0.4, -0.2) is 42.9 Å². The summed E-state index contributed by atoms with van der Waals surface area (Å²) >= 11 is 1.73. The lowest BCUT2D eigenvalue weighted by molar-refractivity contribution is 0.552. The first kappa shape index (κ1) is 10.3. The fourth-order valence-corrected chi connectivity index (χ4v) is 3.84. The van der Waals surface area contributed by atoms with E-state index in [1.807, 2.05) is 0 Å². The topological polar surface area (TPSA) is 58.5 Å². The Morgan fingerprint density at radius 1 is 1.57 bits per heavy atom. The van der Waals surface area contributed by atoms with Gasteiger partial charge < -0.3 is 5.32 Å². The molecule has 2 heterocycles. The van der Waals surface area contributed by atoms with Gasteiger partial charge in [0, 0.05) is 5.25 Å². The number of hydrogen-bond donors (Lipinski definition) is 1. The van der Waals surface area contributed by atoms with Crippen LogP contribution in [0.4, 0.5) is 0 Å². The number of hydrogen-bond acceptors (Lipinski definition) is 5. The van der Waals surface area contributed by atoms with E-state index in [9.17, 15) is 8.42 Å². The largest absolute Gasteiger partial charge is 0.360 e. The zero-order chi connectivity index (χ0) is 10.2. The summed E-state index contributed by atoms with van der Waals surface area (Å²) in [5.74, 6) is 0.534. The van der Waals surface area contributed by atoms with E-state index in [1.165, 1.54) is 0 Å². The van der Waals surface area contributed by atoms with Crippen molar-refractivity contribution in [2.75, 3.05) is 18.1 Å². The molecule has 0 aromatic carbocycles. The summed E-state index contributed by atoms with van der Waals surface area (Å²) in [7, 11) is -2.72. The molecule has 1 atom stereocenters. The van der Waals surface area contributed by atoms with E-state index in [0.29, 0.717) is 5.25 Å². The van der Waals surface area contributed by atoms with E-state index >= 15 is 0 Å². The molecule has 4 nitrogen and oxygen atoms in total. The minimum absolute atomic E-state index is 0.0989. The zero-order valence-corrected chi connectivity index (χ0v) is 9.70. The summed E-state index contributed by atoms with van der Waals surface area (Å²) in [6, 6.07) is 0.0989. The summed E-state index contributed by atoms with van der Waals surface area (Å²) < 4.78 is 21.8. The van der Waals surface area contributed by atoms with Crippen LogP contribution in [0.5, 0.6) is 0 Å². The molecule has 0 radical (unpaired) electrons. The Bertz CT molecular complexity index is 338. The molecule has 0 saturated carbocycles. The van der Waals surface area contributed by atoms with Gasteiger partial charge in [-0.2, -0.15) is 0 Å². The molecule has 0 bridgehead atoms. The zero-order valence-electron chi connectivity index (χ0n) is 8.06. The molecular formula is C8H14N2O2S2. The summed E-state index contributed by atoms with van der Waals surface area (Å²) in [6.07, 6.45) is 1.11. The standard InChI is InChI=1S/C8H14N2O2S2/c1-2-7-3-9-8(13-7)10-6-4-14(11,12)5-6/h6-7H,2-5H2,1H3,(H,9,10). The molecular weight excluding hydrogens is 220 g/mol. The summed E-state index contributed by atoms with van der Waals surface area (Å²) in [5, 5.41) is 4.67. The molecule has 80 valence electrons. The third-order valence-electron chi connectivity index (χ3n) is 2.41. The number of amidine groups is 1. The van der Waals surface area contributed by atoms with Crippen molar-refractivity contribution in [2.24, 2.45) is 4.99 Å². The molecule has 2 rings (SSSR count). The Morgan fingerprint density at radius 3 is 2.79 bits per heavy atom. The van der Waals surface area contributed by atoms with Crippen LogP contribution in [0.2, 0.25) is 0 Å². The Kier molecular flexibility index (Phi) is 2.74. The Hall–Kier alpha value is -0.230. The van der Waals surface area contributed by atoms with Gasteiger partial charge in [0.1, 0.15) is 0 Å². The molecule has 1 fully saturated rings. The van der Waals surface area contributed by atoms with Crippen molar-refractivity contribution in [2.45, 2.75) is 24.6 Å². The second kappa shape index (κ2) is 3.73. The number of rotatable bonds is 2. The molecule has 0 aromatic heterocycles. The summed E-state index contributed by atoms with van der Waals surface area (Å²) in [5.41, 5.74) is 0. The van der Waals surface area contributed by atoms with Gasteiger partial charge in [0.25, 0.3) is 0 Å². The predicted molar refractivity (Wildman–Crippen MR) is 59.5 cm³/mol. The van der Waals surface area contributed by atoms with E-state index in [-0.39, 0.29) is 17.5 Å². The number of sulfone groups is 1. The van der Waals surface area contributed by atoms with Crippen LogP contribution in [0.25, 0.3) is 0 Å². The molecule has 1 unspecified atom stereocenters. The molecule has 6 heteroatoms. The predicted octanol–water partition coefficient (Wildman–Crippen LogP) is 0.254. The average molecular weight is 234 g/mol. The first-order valence-electron chi connectivity index (χ1n) is 4.77. The smallest absolute Gasteiger partial charge is 0.157 e. The Balaban J connectivity index is 1.78. The fourth-order valence-electron chi connectivity index (χ4n) is 1.53. The molecule has 0 spiro atoms. The van der Waals surface area contributed by atoms with Crippen molar-refractivity contribution in [1.29, 1.82) is 0 Å². The molecule has 0 aromatic rings. The highest BCUT2D eigenvalue weighted by atomic mass is 32.2. The minimum Gasteiger partial charge on any atom is -0.360 e.